The van der Waals surface area contributed by atoms with E-state index in [0.29, 0.717) is 55.6 Å². The second kappa shape index (κ2) is 11.7. The molecule has 0 radical (unpaired) electrons. The maximum absolute atomic E-state index is 11.9. The van der Waals surface area contributed by atoms with Crippen molar-refractivity contribution < 1.29 is 46.0 Å². The number of rotatable bonds is 3. The summed E-state index contributed by atoms with van der Waals surface area (Å²) >= 11 is 0. The first-order valence-corrected chi connectivity index (χ1v) is 16.2. The molecule has 0 aliphatic heterocycles. The summed E-state index contributed by atoms with van der Waals surface area (Å²) < 4.78 is 0. The summed E-state index contributed by atoms with van der Waals surface area (Å²) in [5, 5.41) is 98.5. The minimum absolute atomic E-state index is 0.0141. The number of allylic oxidation sites excluding steroid dienone is 1. The summed E-state index contributed by atoms with van der Waals surface area (Å²) in [5.41, 5.74) is 5.22. The zero-order valence-electron chi connectivity index (χ0n) is 26.8. The summed E-state index contributed by atoms with van der Waals surface area (Å²) in [6.07, 6.45) is 1.86. The molecular formula is C42H32O9. The Morgan fingerprint density at radius 1 is 0.392 bits per heavy atom. The molecule has 8 rings (SSSR count). The fourth-order valence-electron chi connectivity index (χ4n) is 8.29. The number of phenols is 9. The Kier molecular flexibility index (Phi) is 7.23. The first-order chi connectivity index (χ1) is 24.5. The number of benzene rings is 6. The second-order valence-electron chi connectivity index (χ2n) is 13.2. The Morgan fingerprint density at radius 2 is 0.941 bits per heavy atom. The van der Waals surface area contributed by atoms with Crippen molar-refractivity contribution in [3.8, 4) is 62.9 Å². The molecule has 6 aromatic rings. The molecule has 9 nitrogen and oxygen atoms in total. The fraction of sp³-hybridized carbons (Fsp3) is 0.0952. The van der Waals surface area contributed by atoms with E-state index in [9.17, 15) is 46.0 Å². The smallest absolute Gasteiger partial charge is 0.127 e. The lowest BCUT2D eigenvalue weighted by Gasteiger charge is -2.43. The molecule has 0 spiro atoms. The van der Waals surface area contributed by atoms with Crippen LogP contribution in [0.15, 0.2) is 109 Å². The first kappa shape index (κ1) is 31.5. The highest BCUT2D eigenvalue weighted by Crippen LogP contribution is 2.67. The maximum atomic E-state index is 11.9. The SMILES string of the molecule is Oc1ccc(/C=C2\c3cc(O)cc(O)c3[C@H](c3ccc(O)cc3)[C@@H]3c4cc(O)cc(O)c4-c4cc(O)ccc4[C@@H]3[C@H]2c2cc(O)cc(O)c2)cc1. The zero-order valence-corrected chi connectivity index (χ0v) is 26.8. The highest BCUT2D eigenvalue weighted by atomic mass is 16.3. The van der Waals surface area contributed by atoms with Crippen molar-refractivity contribution in [3.63, 3.8) is 0 Å². The van der Waals surface area contributed by atoms with Crippen LogP contribution in [0.3, 0.4) is 0 Å². The summed E-state index contributed by atoms with van der Waals surface area (Å²) in [6.45, 7) is 0. The van der Waals surface area contributed by atoms with Crippen LogP contribution in [0.2, 0.25) is 0 Å². The monoisotopic (exact) mass is 680 g/mol. The van der Waals surface area contributed by atoms with E-state index in [2.05, 4.69) is 0 Å². The molecule has 9 N–H and O–H groups in total. The number of hydrogen-bond donors (Lipinski definition) is 9. The third-order valence-electron chi connectivity index (χ3n) is 10.1. The van der Waals surface area contributed by atoms with Gasteiger partial charge in [-0.2, -0.15) is 0 Å². The molecule has 0 aromatic heterocycles. The third kappa shape index (κ3) is 5.27. The van der Waals surface area contributed by atoms with Crippen molar-refractivity contribution in [1.82, 2.24) is 0 Å². The number of fused-ring (bicyclic) bond motifs is 7. The summed E-state index contributed by atoms with van der Waals surface area (Å²) in [7, 11) is 0. The van der Waals surface area contributed by atoms with Gasteiger partial charge in [-0.05, 0) is 105 Å². The molecular weight excluding hydrogens is 648 g/mol. The lowest BCUT2D eigenvalue weighted by molar-refractivity contribution is 0.419. The van der Waals surface area contributed by atoms with Crippen molar-refractivity contribution >= 4 is 11.6 Å². The van der Waals surface area contributed by atoms with Crippen molar-refractivity contribution in [2.45, 2.75) is 23.7 Å². The van der Waals surface area contributed by atoms with E-state index in [1.807, 2.05) is 6.08 Å². The van der Waals surface area contributed by atoms with Crippen LogP contribution in [-0.4, -0.2) is 46.0 Å². The van der Waals surface area contributed by atoms with Crippen LogP contribution >= 0.6 is 0 Å². The molecule has 51 heavy (non-hydrogen) atoms. The zero-order chi connectivity index (χ0) is 35.7. The molecule has 0 fully saturated rings. The van der Waals surface area contributed by atoms with Gasteiger partial charge in [-0.15, -0.1) is 0 Å². The normalized spacial score (nSPS) is 19.7. The lowest BCUT2D eigenvalue weighted by atomic mass is 9.60. The van der Waals surface area contributed by atoms with Gasteiger partial charge in [0.05, 0.1) is 0 Å². The fourth-order valence-corrected chi connectivity index (χ4v) is 8.29. The van der Waals surface area contributed by atoms with Crippen molar-refractivity contribution in [3.05, 3.63) is 148 Å². The van der Waals surface area contributed by atoms with Crippen molar-refractivity contribution in [2.24, 2.45) is 0 Å². The van der Waals surface area contributed by atoms with Crippen LogP contribution < -0.4 is 0 Å². The van der Waals surface area contributed by atoms with Gasteiger partial charge in [0.2, 0.25) is 0 Å². The molecule has 6 aromatic carbocycles. The molecule has 0 unspecified atom stereocenters. The predicted octanol–water partition coefficient (Wildman–Crippen LogP) is 8.05. The molecule has 2 aliphatic carbocycles. The summed E-state index contributed by atoms with van der Waals surface area (Å²) in [5.74, 6) is -4.23. The minimum Gasteiger partial charge on any atom is -0.508 e. The van der Waals surface area contributed by atoms with E-state index in [1.165, 1.54) is 60.7 Å². The van der Waals surface area contributed by atoms with Crippen molar-refractivity contribution in [2.75, 3.05) is 0 Å². The van der Waals surface area contributed by atoms with E-state index < -0.39 is 23.7 Å². The number of hydrogen-bond acceptors (Lipinski definition) is 9. The van der Waals surface area contributed by atoms with E-state index in [-0.39, 0.29) is 51.7 Å². The molecule has 9 heteroatoms. The van der Waals surface area contributed by atoms with Gasteiger partial charge in [0.25, 0.3) is 0 Å². The van der Waals surface area contributed by atoms with Crippen LogP contribution in [0.25, 0.3) is 22.8 Å². The van der Waals surface area contributed by atoms with Crippen LogP contribution in [0.5, 0.6) is 51.7 Å². The lowest BCUT2D eigenvalue weighted by Crippen LogP contribution is -2.27. The Labute approximate surface area is 291 Å². The summed E-state index contributed by atoms with van der Waals surface area (Å²) in [4.78, 5) is 0. The molecule has 4 atom stereocenters. The molecule has 2 aliphatic rings. The molecule has 254 valence electrons. The first-order valence-electron chi connectivity index (χ1n) is 16.2. The van der Waals surface area contributed by atoms with Gasteiger partial charge in [-0.1, -0.05) is 36.4 Å². The van der Waals surface area contributed by atoms with Crippen LogP contribution in [-0.2, 0) is 0 Å². The third-order valence-corrected chi connectivity index (χ3v) is 10.1. The highest BCUT2D eigenvalue weighted by molar-refractivity contribution is 5.92. The van der Waals surface area contributed by atoms with Gasteiger partial charge in [-0.25, -0.2) is 0 Å². The highest BCUT2D eigenvalue weighted by Gasteiger charge is 2.50. The maximum Gasteiger partial charge on any atom is 0.127 e. The van der Waals surface area contributed by atoms with E-state index in [0.717, 1.165) is 0 Å². The van der Waals surface area contributed by atoms with Gasteiger partial charge < -0.3 is 46.0 Å². The van der Waals surface area contributed by atoms with E-state index in [1.54, 1.807) is 48.5 Å². The Balaban J connectivity index is 1.59. The molecule has 0 heterocycles. The van der Waals surface area contributed by atoms with E-state index in [4.69, 9.17) is 0 Å². The minimum atomic E-state index is -0.773. The van der Waals surface area contributed by atoms with Gasteiger partial charge in [0.1, 0.15) is 51.7 Å². The molecule has 0 saturated carbocycles. The van der Waals surface area contributed by atoms with Crippen LogP contribution in [0.1, 0.15) is 62.6 Å². The molecule has 0 saturated heterocycles. The number of phenolic OH excluding ortho intramolecular Hbond substituents is 9. The van der Waals surface area contributed by atoms with Gasteiger partial charge >= 0.3 is 0 Å². The average molecular weight is 681 g/mol. The number of aromatic hydroxyl groups is 9. The van der Waals surface area contributed by atoms with Gasteiger partial charge in [-0.3, -0.25) is 0 Å². The molecule has 0 amide bonds. The van der Waals surface area contributed by atoms with Crippen LogP contribution in [0, 0.1) is 0 Å². The Bertz CT molecular complexity index is 2360. The van der Waals surface area contributed by atoms with E-state index >= 15 is 0 Å². The topological polar surface area (TPSA) is 182 Å². The van der Waals surface area contributed by atoms with Crippen LogP contribution in [0.4, 0.5) is 0 Å². The predicted molar refractivity (Wildman–Crippen MR) is 191 cm³/mol. The Hall–Kier alpha value is -6.74. The average Bonchev–Trinajstić information content (AvgIpc) is 3.18. The summed E-state index contributed by atoms with van der Waals surface area (Å²) in [6, 6.07) is 27.7. The standard InChI is InChI=1S/C42H32O9/c43-23-5-1-20(2-6-23)11-31-33-16-28(48)19-36(51)40(33)38(21-3-7-24(44)8-4-21)42-34-17-29(49)18-35(50)39(34)32-15-25(45)9-10-30(32)41(42)37(31)22-12-26(46)14-27(47)13-22/h1-19,37-38,41-51H/b31-11+/t37-,38-,41+,42-/m0/s1. The second-order valence-corrected chi connectivity index (χ2v) is 13.2. The van der Waals surface area contributed by atoms with Crippen molar-refractivity contribution in [1.29, 1.82) is 0 Å². The van der Waals surface area contributed by atoms with Gasteiger partial charge in [0, 0.05) is 53.0 Å². The largest absolute Gasteiger partial charge is 0.508 e. The van der Waals surface area contributed by atoms with Gasteiger partial charge in [0.15, 0.2) is 0 Å². The molecule has 0 bridgehead atoms. The quantitative estimate of drug-likeness (QED) is 0.0893. The Morgan fingerprint density at radius 3 is 1.63 bits per heavy atom.